The third kappa shape index (κ3) is 0.979. The van der Waals surface area contributed by atoms with Crippen molar-refractivity contribution in [1.29, 1.82) is 0 Å². The fourth-order valence-corrected chi connectivity index (χ4v) is 2.25. The highest BCUT2D eigenvalue weighted by Crippen LogP contribution is 2.57. The van der Waals surface area contributed by atoms with E-state index < -0.39 is 0 Å². The quantitative estimate of drug-likeness (QED) is 0.507. The largest absolute Gasteiger partial charge is 0.303 e. The van der Waals surface area contributed by atoms with Crippen LogP contribution in [-0.2, 0) is 4.79 Å². The fraction of sp³-hybridized carbons (Fsp3) is 0.889. The van der Waals surface area contributed by atoms with Gasteiger partial charge in [0.2, 0.25) is 0 Å². The second-order valence-electron chi connectivity index (χ2n) is 3.99. The third-order valence-corrected chi connectivity index (χ3v) is 3.13. The molecule has 1 unspecified atom stereocenters. The molecule has 0 bridgehead atoms. The van der Waals surface area contributed by atoms with Crippen LogP contribution in [0.25, 0.3) is 0 Å². The van der Waals surface area contributed by atoms with E-state index in [4.69, 9.17) is 0 Å². The van der Waals surface area contributed by atoms with Gasteiger partial charge in [0.1, 0.15) is 6.29 Å². The number of carbonyl (C=O) groups is 1. The summed E-state index contributed by atoms with van der Waals surface area (Å²) >= 11 is 0. The molecule has 1 spiro atoms. The van der Waals surface area contributed by atoms with Crippen molar-refractivity contribution < 1.29 is 4.79 Å². The van der Waals surface area contributed by atoms with E-state index in [1.54, 1.807) is 0 Å². The SMILES string of the molecule is O=CC1CCCC2(CC2)C1. The van der Waals surface area contributed by atoms with Gasteiger partial charge in [0, 0.05) is 5.92 Å². The van der Waals surface area contributed by atoms with Gasteiger partial charge >= 0.3 is 0 Å². The summed E-state index contributed by atoms with van der Waals surface area (Å²) in [5.74, 6) is 0.413. The first kappa shape index (κ1) is 6.38. The number of hydrogen-bond donors (Lipinski definition) is 0. The summed E-state index contributed by atoms with van der Waals surface area (Å²) < 4.78 is 0. The molecule has 2 aliphatic rings. The molecule has 1 nitrogen and oxygen atoms in total. The summed E-state index contributed by atoms with van der Waals surface area (Å²) in [5, 5.41) is 0. The number of rotatable bonds is 1. The normalized spacial score (nSPS) is 35.8. The molecule has 0 N–H and O–H groups in total. The van der Waals surface area contributed by atoms with E-state index in [-0.39, 0.29) is 0 Å². The van der Waals surface area contributed by atoms with Crippen LogP contribution in [0.5, 0.6) is 0 Å². The van der Waals surface area contributed by atoms with E-state index in [0.717, 1.165) is 6.42 Å². The average Bonchev–Trinajstić information content (AvgIpc) is 2.70. The maximum absolute atomic E-state index is 10.5. The van der Waals surface area contributed by atoms with Gasteiger partial charge < -0.3 is 4.79 Å². The Balaban J connectivity index is 1.97. The van der Waals surface area contributed by atoms with Gasteiger partial charge in [0.15, 0.2) is 0 Å². The Bertz CT molecular complexity index is 147. The molecule has 1 heteroatoms. The highest BCUT2D eigenvalue weighted by Gasteiger charge is 2.45. The number of aldehydes is 1. The van der Waals surface area contributed by atoms with Crippen molar-refractivity contribution in [3.8, 4) is 0 Å². The lowest BCUT2D eigenvalue weighted by atomic mass is 9.80. The maximum Gasteiger partial charge on any atom is 0.123 e. The van der Waals surface area contributed by atoms with Crippen LogP contribution < -0.4 is 0 Å². The van der Waals surface area contributed by atoms with Crippen LogP contribution in [0.15, 0.2) is 0 Å². The summed E-state index contributed by atoms with van der Waals surface area (Å²) in [6, 6.07) is 0. The molecule has 2 saturated carbocycles. The Morgan fingerprint density at radius 1 is 1.30 bits per heavy atom. The highest BCUT2D eigenvalue weighted by atomic mass is 16.1. The predicted octanol–water partition coefficient (Wildman–Crippen LogP) is 2.16. The van der Waals surface area contributed by atoms with Crippen LogP contribution in [0.2, 0.25) is 0 Å². The third-order valence-electron chi connectivity index (χ3n) is 3.13. The molecule has 0 radical (unpaired) electrons. The monoisotopic (exact) mass is 138 g/mol. The molecule has 0 aliphatic heterocycles. The lowest BCUT2D eigenvalue weighted by molar-refractivity contribution is -0.112. The van der Waals surface area contributed by atoms with E-state index in [0.29, 0.717) is 11.3 Å². The van der Waals surface area contributed by atoms with Crippen molar-refractivity contribution in [2.45, 2.75) is 38.5 Å². The first-order valence-corrected chi connectivity index (χ1v) is 4.30. The Hall–Kier alpha value is -0.330. The van der Waals surface area contributed by atoms with Gasteiger partial charge in [-0.1, -0.05) is 6.42 Å². The average molecular weight is 138 g/mol. The van der Waals surface area contributed by atoms with Gasteiger partial charge in [-0.25, -0.2) is 0 Å². The summed E-state index contributed by atoms with van der Waals surface area (Å²) in [6.07, 6.45) is 9.02. The van der Waals surface area contributed by atoms with E-state index >= 15 is 0 Å². The van der Waals surface area contributed by atoms with E-state index in [1.165, 1.54) is 38.4 Å². The topological polar surface area (TPSA) is 17.1 Å². The van der Waals surface area contributed by atoms with Crippen molar-refractivity contribution in [2.24, 2.45) is 11.3 Å². The molecule has 0 amide bonds. The van der Waals surface area contributed by atoms with E-state index in [2.05, 4.69) is 0 Å². The smallest absolute Gasteiger partial charge is 0.123 e. The van der Waals surface area contributed by atoms with Crippen molar-refractivity contribution in [1.82, 2.24) is 0 Å². The lowest BCUT2D eigenvalue weighted by Crippen LogP contribution is -2.16. The van der Waals surface area contributed by atoms with E-state index in [9.17, 15) is 4.79 Å². The standard InChI is InChI=1S/C9H14O/c10-7-8-2-1-3-9(6-8)4-5-9/h7-8H,1-6H2. The van der Waals surface area contributed by atoms with Gasteiger partial charge in [-0.2, -0.15) is 0 Å². The van der Waals surface area contributed by atoms with Crippen LogP contribution in [-0.4, -0.2) is 6.29 Å². The molecule has 0 aromatic carbocycles. The molecular weight excluding hydrogens is 124 g/mol. The van der Waals surface area contributed by atoms with E-state index in [1.807, 2.05) is 0 Å². The number of carbonyl (C=O) groups excluding carboxylic acids is 1. The Morgan fingerprint density at radius 3 is 2.70 bits per heavy atom. The second-order valence-corrected chi connectivity index (χ2v) is 3.99. The van der Waals surface area contributed by atoms with Crippen LogP contribution in [0.3, 0.4) is 0 Å². The minimum absolute atomic E-state index is 0.413. The second kappa shape index (κ2) is 2.08. The van der Waals surface area contributed by atoms with Gasteiger partial charge in [0.25, 0.3) is 0 Å². The molecule has 0 heterocycles. The van der Waals surface area contributed by atoms with Crippen LogP contribution in [0.4, 0.5) is 0 Å². The van der Waals surface area contributed by atoms with Gasteiger partial charge in [-0.15, -0.1) is 0 Å². The fourth-order valence-electron chi connectivity index (χ4n) is 2.25. The molecule has 0 saturated heterocycles. The van der Waals surface area contributed by atoms with Crippen molar-refractivity contribution in [3.05, 3.63) is 0 Å². The Morgan fingerprint density at radius 2 is 2.10 bits per heavy atom. The van der Waals surface area contributed by atoms with Crippen molar-refractivity contribution in [3.63, 3.8) is 0 Å². The predicted molar refractivity (Wildman–Crippen MR) is 39.7 cm³/mol. The summed E-state index contributed by atoms with van der Waals surface area (Å²) in [6.45, 7) is 0. The molecule has 10 heavy (non-hydrogen) atoms. The molecule has 2 rings (SSSR count). The summed E-state index contributed by atoms with van der Waals surface area (Å²) in [4.78, 5) is 10.5. The first-order valence-electron chi connectivity index (χ1n) is 4.30. The molecule has 0 aromatic rings. The minimum Gasteiger partial charge on any atom is -0.303 e. The van der Waals surface area contributed by atoms with Crippen LogP contribution >= 0.6 is 0 Å². The first-order chi connectivity index (χ1) is 4.85. The van der Waals surface area contributed by atoms with Crippen molar-refractivity contribution in [2.75, 3.05) is 0 Å². The molecule has 0 aromatic heterocycles. The summed E-state index contributed by atoms with van der Waals surface area (Å²) in [7, 11) is 0. The zero-order chi connectivity index (χ0) is 7.03. The lowest BCUT2D eigenvalue weighted by Gasteiger charge is -2.24. The molecule has 2 aliphatic carbocycles. The molecule has 2 fully saturated rings. The molecule has 56 valence electrons. The molecule has 1 atom stereocenters. The zero-order valence-electron chi connectivity index (χ0n) is 6.31. The van der Waals surface area contributed by atoms with Crippen LogP contribution in [0.1, 0.15) is 38.5 Å². The van der Waals surface area contributed by atoms with Gasteiger partial charge in [-0.3, -0.25) is 0 Å². The van der Waals surface area contributed by atoms with Gasteiger partial charge in [-0.05, 0) is 37.5 Å². The van der Waals surface area contributed by atoms with Gasteiger partial charge in [0.05, 0.1) is 0 Å². The minimum atomic E-state index is 0.413. The highest BCUT2D eigenvalue weighted by molar-refractivity contribution is 5.54. The summed E-state index contributed by atoms with van der Waals surface area (Å²) in [5.41, 5.74) is 0.670. The van der Waals surface area contributed by atoms with Crippen molar-refractivity contribution >= 4 is 6.29 Å². The van der Waals surface area contributed by atoms with Crippen LogP contribution in [0, 0.1) is 11.3 Å². The Labute approximate surface area is 61.8 Å². The maximum atomic E-state index is 10.5. The number of hydrogen-bond acceptors (Lipinski definition) is 1. The molecular formula is C9H14O. The zero-order valence-corrected chi connectivity index (χ0v) is 6.31. The Kier molecular flexibility index (Phi) is 1.33.